The van der Waals surface area contributed by atoms with Gasteiger partial charge in [-0.3, -0.25) is 10.2 Å². The number of rotatable bonds is 8. The van der Waals surface area contributed by atoms with Gasteiger partial charge in [0.1, 0.15) is 0 Å². The van der Waals surface area contributed by atoms with E-state index in [4.69, 9.17) is 28.3 Å². The summed E-state index contributed by atoms with van der Waals surface area (Å²) in [7, 11) is 0. The Morgan fingerprint density at radius 1 is 1.09 bits per heavy atom. The van der Waals surface area contributed by atoms with Crippen molar-refractivity contribution in [1.82, 2.24) is 20.2 Å². The number of halogens is 2. The average molecular weight is 514 g/mol. The molecule has 2 heterocycles. The van der Waals surface area contributed by atoms with Crippen molar-refractivity contribution in [2.24, 2.45) is 0 Å². The van der Waals surface area contributed by atoms with E-state index < -0.39 is 0 Å². The predicted molar refractivity (Wildman–Crippen MR) is 145 cm³/mol. The number of amides is 1. The van der Waals surface area contributed by atoms with Crippen LogP contribution in [0.15, 0.2) is 42.5 Å². The molecule has 0 bridgehead atoms. The van der Waals surface area contributed by atoms with Crippen LogP contribution in [0, 0.1) is 6.92 Å². The normalized spacial score (nSPS) is 15.2. The van der Waals surface area contributed by atoms with E-state index in [-0.39, 0.29) is 5.91 Å². The zero-order valence-electron chi connectivity index (χ0n) is 20.8. The van der Waals surface area contributed by atoms with E-state index in [1.54, 1.807) is 16.8 Å². The first-order chi connectivity index (χ1) is 16.9. The van der Waals surface area contributed by atoms with E-state index in [9.17, 15) is 4.79 Å². The molecule has 1 amide bonds. The molecule has 0 radical (unpaired) electrons. The van der Waals surface area contributed by atoms with Crippen molar-refractivity contribution in [1.29, 1.82) is 0 Å². The topological polar surface area (TPSA) is 50.2 Å². The summed E-state index contributed by atoms with van der Waals surface area (Å²) in [6, 6.07) is 13.9. The summed E-state index contributed by atoms with van der Waals surface area (Å²) in [4.78, 5) is 13.3. The Kier molecular flexibility index (Phi) is 8.53. The van der Waals surface area contributed by atoms with Crippen LogP contribution in [-0.2, 0) is 0 Å². The van der Waals surface area contributed by atoms with Crippen molar-refractivity contribution in [3.8, 4) is 16.9 Å². The first kappa shape index (κ1) is 25.7. The molecule has 1 unspecified atom stereocenters. The van der Waals surface area contributed by atoms with Crippen LogP contribution in [0.4, 0.5) is 0 Å². The lowest BCUT2D eigenvalue weighted by Crippen LogP contribution is -2.45. The highest BCUT2D eigenvalue weighted by Crippen LogP contribution is 2.34. The molecule has 1 aliphatic heterocycles. The van der Waals surface area contributed by atoms with Crippen molar-refractivity contribution in [3.63, 3.8) is 0 Å². The zero-order chi connectivity index (χ0) is 24.9. The van der Waals surface area contributed by atoms with Gasteiger partial charge in [-0.05, 0) is 55.9 Å². The van der Waals surface area contributed by atoms with Crippen molar-refractivity contribution in [2.75, 3.05) is 13.1 Å². The molecule has 1 atom stereocenters. The lowest BCUT2D eigenvalue weighted by atomic mass is 9.94. The lowest BCUT2D eigenvalue weighted by Gasteiger charge is -2.26. The maximum atomic E-state index is 13.3. The van der Waals surface area contributed by atoms with Crippen LogP contribution in [-0.4, -0.2) is 33.8 Å². The fourth-order valence-electron chi connectivity index (χ4n) is 4.73. The van der Waals surface area contributed by atoms with Gasteiger partial charge in [0.05, 0.1) is 16.4 Å². The van der Waals surface area contributed by atoms with Crippen molar-refractivity contribution in [3.05, 3.63) is 69.3 Å². The molecule has 0 saturated carbocycles. The SMILES string of the molecule is CCCCC(C)c1ccc(-c2c(C)c(C(=O)NN3CCCCC3)nn2-c2ccc(Cl)cc2Cl)cc1. The summed E-state index contributed by atoms with van der Waals surface area (Å²) in [6.07, 6.45) is 6.97. The molecule has 1 aliphatic rings. The average Bonchev–Trinajstić information content (AvgIpc) is 3.20. The number of aromatic nitrogens is 2. The molecule has 1 aromatic heterocycles. The van der Waals surface area contributed by atoms with Crippen LogP contribution >= 0.6 is 23.2 Å². The highest BCUT2D eigenvalue weighted by atomic mass is 35.5. The number of hydrogen-bond donors (Lipinski definition) is 1. The Balaban J connectivity index is 1.73. The molecule has 0 spiro atoms. The number of carbonyl (C=O) groups is 1. The lowest BCUT2D eigenvalue weighted by molar-refractivity contribution is 0.0743. The summed E-state index contributed by atoms with van der Waals surface area (Å²) in [5.41, 5.74) is 8.12. The molecule has 4 rings (SSSR count). The molecular formula is C28H34Cl2N4O. The van der Waals surface area contributed by atoms with Gasteiger partial charge in [0.2, 0.25) is 0 Å². The predicted octanol–water partition coefficient (Wildman–Crippen LogP) is 7.58. The number of piperidine rings is 1. The monoisotopic (exact) mass is 512 g/mol. The number of nitrogens with zero attached hydrogens (tertiary/aromatic N) is 3. The molecular weight excluding hydrogens is 479 g/mol. The highest BCUT2D eigenvalue weighted by Gasteiger charge is 2.25. The van der Waals surface area contributed by atoms with Gasteiger partial charge in [0.25, 0.3) is 5.91 Å². The summed E-state index contributed by atoms with van der Waals surface area (Å²) in [6.45, 7) is 8.17. The summed E-state index contributed by atoms with van der Waals surface area (Å²) in [5.74, 6) is 0.311. The molecule has 1 saturated heterocycles. The van der Waals surface area contributed by atoms with E-state index in [0.717, 1.165) is 42.8 Å². The van der Waals surface area contributed by atoms with E-state index in [2.05, 4.69) is 43.5 Å². The van der Waals surface area contributed by atoms with Gasteiger partial charge in [-0.25, -0.2) is 9.69 Å². The molecule has 186 valence electrons. The number of hydrazine groups is 1. The summed E-state index contributed by atoms with van der Waals surface area (Å²) >= 11 is 12.7. The van der Waals surface area contributed by atoms with Crippen LogP contribution in [0.3, 0.4) is 0 Å². The maximum absolute atomic E-state index is 13.3. The molecule has 0 aliphatic carbocycles. The van der Waals surface area contributed by atoms with Gasteiger partial charge in [-0.1, -0.05) is 80.6 Å². The first-order valence-corrected chi connectivity index (χ1v) is 13.4. The quantitative estimate of drug-likeness (QED) is 0.338. The van der Waals surface area contributed by atoms with Crippen LogP contribution in [0.1, 0.15) is 79.9 Å². The van der Waals surface area contributed by atoms with Crippen LogP contribution in [0.25, 0.3) is 16.9 Å². The van der Waals surface area contributed by atoms with Crippen molar-refractivity contribution >= 4 is 29.1 Å². The number of nitrogens with one attached hydrogen (secondary N) is 1. The standard InChI is InChI=1S/C28H34Cl2N4O/c1-4-5-9-19(2)21-10-12-22(13-11-21)27-20(3)26(28(35)32-33-16-7-6-8-17-33)31-34(27)25-15-14-23(29)18-24(25)30/h10-15,18-19H,4-9,16-17H2,1-3H3,(H,32,35). The van der Waals surface area contributed by atoms with Gasteiger partial charge in [-0.15, -0.1) is 0 Å². The van der Waals surface area contributed by atoms with Crippen molar-refractivity contribution in [2.45, 2.75) is 65.2 Å². The third kappa shape index (κ3) is 5.91. The van der Waals surface area contributed by atoms with Crippen LogP contribution in [0.2, 0.25) is 10.0 Å². The fraction of sp³-hybridized carbons (Fsp3) is 0.429. The van der Waals surface area contributed by atoms with Crippen LogP contribution < -0.4 is 5.43 Å². The number of unbranched alkanes of at least 4 members (excludes halogenated alkanes) is 1. The third-order valence-corrected chi connectivity index (χ3v) is 7.37. The minimum absolute atomic E-state index is 0.195. The Bertz CT molecular complexity index is 1170. The molecule has 1 N–H and O–H groups in total. The van der Waals surface area contributed by atoms with E-state index in [0.29, 0.717) is 27.3 Å². The van der Waals surface area contributed by atoms with E-state index >= 15 is 0 Å². The minimum atomic E-state index is -0.195. The second-order valence-corrected chi connectivity index (χ2v) is 10.3. The zero-order valence-corrected chi connectivity index (χ0v) is 22.3. The number of benzene rings is 2. The van der Waals surface area contributed by atoms with Gasteiger partial charge in [0, 0.05) is 29.2 Å². The second-order valence-electron chi connectivity index (χ2n) is 9.48. The second kappa shape index (κ2) is 11.6. The van der Waals surface area contributed by atoms with Crippen LogP contribution in [0.5, 0.6) is 0 Å². The first-order valence-electron chi connectivity index (χ1n) is 12.6. The van der Waals surface area contributed by atoms with Gasteiger partial charge < -0.3 is 0 Å². The summed E-state index contributed by atoms with van der Waals surface area (Å²) in [5, 5.41) is 7.79. The molecule has 1 fully saturated rings. The molecule has 7 heteroatoms. The smallest absolute Gasteiger partial charge is 0.283 e. The van der Waals surface area contributed by atoms with E-state index in [1.807, 2.05) is 18.0 Å². The number of hydrogen-bond acceptors (Lipinski definition) is 3. The maximum Gasteiger partial charge on any atom is 0.286 e. The Morgan fingerprint density at radius 2 is 1.80 bits per heavy atom. The van der Waals surface area contributed by atoms with Gasteiger partial charge in [0.15, 0.2) is 5.69 Å². The summed E-state index contributed by atoms with van der Waals surface area (Å²) < 4.78 is 1.77. The fourth-order valence-corrected chi connectivity index (χ4v) is 5.22. The molecule has 35 heavy (non-hydrogen) atoms. The Labute approximate surface area is 218 Å². The molecule has 2 aromatic carbocycles. The molecule has 5 nitrogen and oxygen atoms in total. The minimum Gasteiger partial charge on any atom is -0.283 e. The van der Waals surface area contributed by atoms with Gasteiger partial charge >= 0.3 is 0 Å². The van der Waals surface area contributed by atoms with Gasteiger partial charge in [-0.2, -0.15) is 5.10 Å². The Morgan fingerprint density at radius 3 is 2.46 bits per heavy atom. The largest absolute Gasteiger partial charge is 0.286 e. The third-order valence-electron chi connectivity index (χ3n) is 6.83. The number of carbonyl (C=O) groups excluding carboxylic acids is 1. The highest BCUT2D eigenvalue weighted by molar-refractivity contribution is 6.35. The van der Waals surface area contributed by atoms with E-state index in [1.165, 1.54) is 31.2 Å². The molecule has 3 aromatic rings. The Hall–Kier alpha value is -2.34. The van der Waals surface area contributed by atoms with Crippen molar-refractivity contribution < 1.29 is 4.79 Å².